The van der Waals surface area contributed by atoms with E-state index in [0.717, 1.165) is 19.6 Å². The Balaban J connectivity index is 1.67. The van der Waals surface area contributed by atoms with Crippen LogP contribution in [0.4, 0.5) is 0 Å². The molecule has 2 saturated heterocycles. The number of morpholine rings is 1. The van der Waals surface area contributed by atoms with Gasteiger partial charge in [0.15, 0.2) is 0 Å². The quantitative estimate of drug-likeness (QED) is 0.842. The third-order valence-electron chi connectivity index (χ3n) is 4.69. The fraction of sp³-hybridized carbons (Fsp3) is 0.647. The standard InChI is InChI=1S/C17H26N2O3S/c1-17(2)7-8-18(14-17)13-15-3-5-16(6-4-15)23(20,21)19-9-11-22-12-10-19/h3-6H,7-14H2,1-2H3. The number of hydrogen-bond donors (Lipinski definition) is 0. The van der Waals surface area contributed by atoms with Gasteiger partial charge in [-0.15, -0.1) is 0 Å². The number of nitrogens with zero attached hydrogens (tertiary/aromatic N) is 2. The smallest absolute Gasteiger partial charge is 0.243 e. The van der Waals surface area contributed by atoms with E-state index in [1.54, 1.807) is 12.1 Å². The molecule has 128 valence electrons. The molecule has 23 heavy (non-hydrogen) atoms. The third-order valence-corrected chi connectivity index (χ3v) is 6.61. The first kappa shape index (κ1) is 16.9. The van der Waals surface area contributed by atoms with E-state index >= 15 is 0 Å². The van der Waals surface area contributed by atoms with Crippen molar-refractivity contribution in [3.05, 3.63) is 29.8 Å². The van der Waals surface area contributed by atoms with Crippen molar-refractivity contribution in [2.45, 2.75) is 31.7 Å². The molecule has 0 N–H and O–H groups in total. The summed E-state index contributed by atoms with van der Waals surface area (Å²) in [5.74, 6) is 0. The van der Waals surface area contributed by atoms with Gasteiger partial charge in [-0.2, -0.15) is 4.31 Å². The molecule has 2 heterocycles. The lowest BCUT2D eigenvalue weighted by molar-refractivity contribution is 0.0730. The van der Waals surface area contributed by atoms with Gasteiger partial charge >= 0.3 is 0 Å². The van der Waals surface area contributed by atoms with Crippen LogP contribution in [0.2, 0.25) is 0 Å². The van der Waals surface area contributed by atoms with Gasteiger partial charge in [-0.25, -0.2) is 8.42 Å². The summed E-state index contributed by atoms with van der Waals surface area (Å²) in [5.41, 5.74) is 1.56. The molecule has 1 aromatic carbocycles. The molecule has 0 atom stereocenters. The summed E-state index contributed by atoms with van der Waals surface area (Å²) in [6.07, 6.45) is 1.22. The van der Waals surface area contributed by atoms with Gasteiger partial charge in [-0.3, -0.25) is 4.90 Å². The van der Waals surface area contributed by atoms with Crippen LogP contribution in [0.25, 0.3) is 0 Å². The Morgan fingerprint density at radius 3 is 2.30 bits per heavy atom. The molecular weight excluding hydrogens is 312 g/mol. The van der Waals surface area contributed by atoms with Crippen molar-refractivity contribution in [1.82, 2.24) is 9.21 Å². The number of rotatable bonds is 4. The zero-order valence-corrected chi connectivity index (χ0v) is 14.8. The van der Waals surface area contributed by atoms with Gasteiger partial charge < -0.3 is 4.74 Å². The second kappa shape index (κ2) is 6.51. The Hall–Kier alpha value is -0.950. The molecule has 6 heteroatoms. The van der Waals surface area contributed by atoms with E-state index in [0.29, 0.717) is 36.6 Å². The van der Waals surface area contributed by atoms with Gasteiger partial charge in [0.2, 0.25) is 10.0 Å². The fourth-order valence-corrected chi connectivity index (χ4v) is 4.73. The summed E-state index contributed by atoms with van der Waals surface area (Å²) in [6, 6.07) is 7.36. The van der Waals surface area contributed by atoms with Crippen molar-refractivity contribution >= 4 is 10.0 Å². The minimum absolute atomic E-state index is 0.380. The highest BCUT2D eigenvalue weighted by molar-refractivity contribution is 7.89. The summed E-state index contributed by atoms with van der Waals surface area (Å²) >= 11 is 0. The molecule has 0 aliphatic carbocycles. The minimum Gasteiger partial charge on any atom is -0.379 e. The molecule has 2 fully saturated rings. The van der Waals surface area contributed by atoms with Gasteiger partial charge in [0.05, 0.1) is 18.1 Å². The average molecular weight is 338 g/mol. The maximum Gasteiger partial charge on any atom is 0.243 e. The van der Waals surface area contributed by atoms with Crippen LogP contribution >= 0.6 is 0 Å². The van der Waals surface area contributed by atoms with Gasteiger partial charge in [0, 0.05) is 26.2 Å². The lowest BCUT2D eigenvalue weighted by atomic mass is 9.93. The second-order valence-electron chi connectivity index (χ2n) is 7.29. The third kappa shape index (κ3) is 3.94. The SMILES string of the molecule is CC1(C)CCN(Cc2ccc(S(=O)(=O)N3CCOCC3)cc2)C1. The summed E-state index contributed by atoms with van der Waals surface area (Å²) < 4.78 is 31.9. The number of benzene rings is 1. The van der Waals surface area contributed by atoms with E-state index in [-0.39, 0.29) is 0 Å². The van der Waals surface area contributed by atoms with Gasteiger partial charge in [-0.1, -0.05) is 26.0 Å². The first-order chi connectivity index (χ1) is 10.9. The van der Waals surface area contributed by atoms with Crippen LogP contribution in [0.1, 0.15) is 25.8 Å². The molecule has 0 radical (unpaired) electrons. The molecule has 2 aliphatic rings. The number of hydrogen-bond acceptors (Lipinski definition) is 4. The Bertz CT molecular complexity index is 634. The van der Waals surface area contributed by atoms with Crippen molar-refractivity contribution < 1.29 is 13.2 Å². The molecule has 0 saturated carbocycles. The summed E-state index contributed by atoms with van der Waals surface area (Å²) in [5, 5.41) is 0. The molecule has 0 amide bonds. The van der Waals surface area contributed by atoms with Crippen molar-refractivity contribution in [2.24, 2.45) is 5.41 Å². The average Bonchev–Trinajstić information content (AvgIpc) is 2.87. The Kier molecular flexibility index (Phi) is 4.78. The fourth-order valence-electron chi connectivity index (χ4n) is 3.32. The van der Waals surface area contributed by atoms with Gasteiger partial charge in [0.1, 0.15) is 0 Å². The Labute approximate surface area is 139 Å². The van der Waals surface area contributed by atoms with E-state index < -0.39 is 10.0 Å². The Morgan fingerprint density at radius 2 is 1.74 bits per heavy atom. The van der Waals surface area contributed by atoms with Gasteiger partial charge in [0.25, 0.3) is 0 Å². The molecule has 0 spiro atoms. The predicted molar refractivity (Wildman–Crippen MR) is 89.7 cm³/mol. The molecule has 3 rings (SSSR count). The lowest BCUT2D eigenvalue weighted by Gasteiger charge is -2.26. The molecule has 0 unspecified atom stereocenters. The topological polar surface area (TPSA) is 49.9 Å². The van der Waals surface area contributed by atoms with Crippen molar-refractivity contribution in [3.63, 3.8) is 0 Å². The van der Waals surface area contributed by atoms with Crippen LogP contribution in [-0.4, -0.2) is 57.0 Å². The first-order valence-electron chi connectivity index (χ1n) is 8.26. The number of ether oxygens (including phenoxy) is 1. The molecule has 5 nitrogen and oxygen atoms in total. The number of likely N-dealkylation sites (tertiary alicyclic amines) is 1. The first-order valence-corrected chi connectivity index (χ1v) is 9.70. The summed E-state index contributed by atoms with van der Waals surface area (Å²) in [7, 11) is -3.38. The molecule has 2 aliphatic heterocycles. The van der Waals surface area contributed by atoms with E-state index in [1.807, 2.05) is 12.1 Å². The molecular formula is C17H26N2O3S. The molecule has 0 bridgehead atoms. The molecule has 1 aromatic rings. The van der Waals surface area contributed by atoms with E-state index in [1.165, 1.54) is 16.3 Å². The normalized spacial score (nSPS) is 23.2. The van der Waals surface area contributed by atoms with Crippen LogP contribution in [0.3, 0.4) is 0 Å². The largest absolute Gasteiger partial charge is 0.379 e. The van der Waals surface area contributed by atoms with Crippen LogP contribution < -0.4 is 0 Å². The minimum atomic E-state index is -3.38. The van der Waals surface area contributed by atoms with Crippen molar-refractivity contribution in [3.8, 4) is 0 Å². The van der Waals surface area contributed by atoms with Crippen LogP contribution in [0, 0.1) is 5.41 Å². The lowest BCUT2D eigenvalue weighted by Crippen LogP contribution is -2.40. The van der Waals surface area contributed by atoms with Crippen molar-refractivity contribution in [2.75, 3.05) is 39.4 Å². The number of sulfonamides is 1. The van der Waals surface area contributed by atoms with Crippen LogP contribution in [0.5, 0.6) is 0 Å². The van der Waals surface area contributed by atoms with Gasteiger partial charge in [-0.05, 0) is 36.1 Å². The van der Waals surface area contributed by atoms with Crippen molar-refractivity contribution in [1.29, 1.82) is 0 Å². The Morgan fingerprint density at radius 1 is 1.09 bits per heavy atom. The monoisotopic (exact) mass is 338 g/mol. The van der Waals surface area contributed by atoms with E-state index in [9.17, 15) is 8.42 Å². The highest BCUT2D eigenvalue weighted by Crippen LogP contribution is 2.29. The highest BCUT2D eigenvalue weighted by Gasteiger charge is 2.29. The maximum absolute atomic E-state index is 12.6. The van der Waals surface area contributed by atoms with E-state index in [2.05, 4.69) is 18.7 Å². The zero-order valence-electron chi connectivity index (χ0n) is 14.0. The molecule has 0 aromatic heterocycles. The van der Waals surface area contributed by atoms with Crippen LogP contribution in [0.15, 0.2) is 29.2 Å². The summed E-state index contributed by atoms with van der Waals surface area (Å²) in [6.45, 7) is 9.52. The highest BCUT2D eigenvalue weighted by atomic mass is 32.2. The van der Waals surface area contributed by atoms with E-state index in [4.69, 9.17) is 4.74 Å². The predicted octanol–water partition coefficient (Wildman–Crippen LogP) is 1.94. The van der Waals surface area contributed by atoms with Crippen LogP contribution in [-0.2, 0) is 21.3 Å². The second-order valence-corrected chi connectivity index (χ2v) is 9.22. The summed E-state index contributed by atoms with van der Waals surface area (Å²) in [4.78, 5) is 2.82. The zero-order chi connectivity index (χ0) is 16.5. The maximum atomic E-state index is 12.6.